The van der Waals surface area contributed by atoms with Crippen LogP contribution in [-0.4, -0.2) is 17.7 Å². The molecule has 21 heavy (non-hydrogen) atoms. The fourth-order valence-corrected chi connectivity index (χ4v) is 2.66. The van der Waals surface area contributed by atoms with Crippen LogP contribution >= 0.6 is 11.3 Å². The van der Waals surface area contributed by atoms with Gasteiger partial charge in [-0.3, -0.25) is 4.79 Å². The highest BCUT2D eigenvalue weighted by Crippen LogP contribution is 2.36. The van der Waals surface area contributed by atoms with Gasteiger partial charge >= 0.3 is 0 Å². The van der Waals surface area contributed by atoms with Gasteiger partial charge in [-0.25, -0.2) is 4.98 Å². The maximum Gasteiger partial charge on any atom is 0.231 e. The van der Waals surface area contributed by atoms with Gasteiger partial charge in [-0.2, -0.15) is 0 Å². The molecular weight excluding hydrogens is 288 g/mol. The number of carbonyl (C=O) groups is 1. The van der Waals surface area contributed by atoms with E-state index in [9.17, 15) is 4.79 Å². The summed E-state index contributed by atoms with van der Waals surface area (Å²) in [6, 6.07) is 5.70. The molecule has 1 aliphatic heterocycles. The molecule has 1 aliphatic rings. The largest absolute Gasteiger partial charge is 0.454 e. The van der Waals surface area contributed by atoms with Gasteiger partial charge < -0.3 is 14.8 Å². The van der Waals surface area contributed by atoms with Crippen molar-refractivity contribution >= 4 is 22.4 Å². The van der Waals surface area contributed by atoms with Gasteiger partial charge in [0.05, 0.1) is 5.69 Å². The Kier molecular flexibility index (Phi) is 3.79. The number of rotatable bonds is 4. The Balaban J connectivity index is 1.77. The van der Waals surface area contributed by atoms with Crippen LogP contribution in [0.25, 0.3) is 11.3 Å². The smallest absolute Gasteiger partial charge is 0.231 e. The molecule has 3 rings (SSSR count). The predicted octanol–water partition coefficient (Wildman–Crippen LogP) is 3.52. The van der Waals surface area contributed by atoms with Gasteiger partial charge in [0.1, 0.15) is 0 Å². The van der Waals surface area contributed by atoms with Crippen LogP contribution in [0, 0.1) is 5.92 Å². The Morgan fingerprint density at radius 3 is 3.05 bits per heavy atom. The Labute approximate surface area is 126 Å². The molecule has 110 valence electrons. The molecule has 1 aromatic heterocycles. The van der Waals surface area contributed by atoms with Crippen molar-refractivity contribution in [2.75, 3.05) is 12.1 Å². The van der Waals surface area contributed by atoms with E-state index >= 15 is 0 Å². The van der Waals surface area contributed by atoms with Crippen molar-refractivity contribution in [3.8, 4) is 22.8 Å². The first-order chi connectivity index (χ1) is 10.2. The van der Waals surface area contributed by atoms with E-state index < -0.39 is 0 Å². The van der Waals surface area contributed by atoms with Crippen LogP contribution in [0.5, 0.6) is 11.5 Å². The molecule has 0 saturated carbocycles. The van der Waals surface area contributed by atoms with E-state index in [1.165, 1.54) is 11.3 Å². The maximum absolute atomic E-state index is 11.9. The second-order valence-electron chi connectivity index (χ2n) is 4.90. The van der Waals surface area contributed by atoms with Crippen LogP contribution in [0.15, 0.2) is 23.6 Å². The number of thiazole rings is 1. The van der Waals surface area contributed by atoms with E-state index in [0.717, 1.165) is 29.2 Å². The van der Waals surface area contributed by atoms with E-state index in [2.05, 4.69) is 10.3 Å². The van der Waals surface area contributed by atoms with E-state index in [4.69, 9.17) is 9.47 Å². The molecule has 2 heterocycles. The fourth-order valence-electron chi connectivity index (χ4n) is 1.93. The summed E-state index contributed by atoms with van der Waals surface area (Å²) in [4.78, 5) is 16.3. The van der Waals surface area contributed by atoms with Crippen molar-refractivity contribution in [1.29, 1.82) is 0 Å². The van der Waals surface area contributed by atoms with Gasteiger partial charge in [0.25, 0.3) is 0 Å². The molecule has 1 unspecified atom stereocenters. The normalized spacial score (nSPS) is 14.0. The third-order valence-corrected chi connectivity index (χ3v) is 4.22. The van der Waals surface area contributed by atoms with Crippen LogP contribution < -0.4 is 14.8 Å². The average Bonchev–Trinajstić information content (AvgIpc) is 3.14. The zero-order valence-corrected chi connectivity index (χ0v) is 12.7. The van der Waals surface area contributed by atoms with Gasteiger partial charge in [-0.1, -0.05) is 13.8 Å². The molecule has 2 aromatic rings. The van der Waals surface area contributed by atoms with Gasteiger partial charge in [-0.05, 0) is 24.6 Å². The minimum absolute atomic E-state index is 0.00378. The van der Waals surface area contributed by atoms with Crippen LogP contribution in [0.2, 0.25) is 0 Å². The lowest BCUT2D eigenvalue weighted by Gasteiger charge is -2.06. The molecule has 6 heteroatoms. The number of amides is 1. The molecule has 0 saturated heterocycles. The van der Waals surface area contributed by atoms with Crippen molar-refractivity contribution in [1.82, 2.24) is 4.98 Å². The van der Waals surface area contributed by atoms with E-state index in [-0.39, 0.29) is 18.6 Å². The SMILES string of the molecule is CCC(C)C(=O)Nc1nc(-c2ccc3c(c2)OCO3)cs1. The highest BCUT2D eigenvalue weighted by Gasteiger charge is 2.16. The second kappa shape index (κ2) is 5.73. The molecule has 0 spiro atoms. The summed E-state index contributed by atoms with van der Waals surface area (Å²) in [6.45, 7) is 4.15. The Hall–Kier alpha value is -2.08. The number of ether oxygens (including phenoxy) is 2. The standard InChI is InChI=1S/C15H16N2O3S/c1-3-9(2)14(18)17-15-16-11(7-21-15)10-4-5-12-13(6-10)20-8-19-12/h4-7,9H,3,8H2,1-2H3,(H,16,17,18). The van der Waals surface area contributed by atoms with E-state index in [1.807, 2.05) is 37.4 Å². The van der Waals surface area contributed by atoms with E-state index in [1.54, 1.807) is 0 Å². The second-order valence-corrected chi connectivity index (χ2v) is 5.76. The summed E-state index contributed by atoms with van der Waals surface area (Å²) in [5.74, 6) is 1.47. The Morgan fingerprint density at radius 2 is 2.24 bits per heavy atom. The van der Waals surface area contributed by atoms with Gasteiger partial charge in [0.2, 0.25) is 12.7 Å². The van der Waals surface area contributed by atoms with Crippen LogP contribution in [0.3, 0.4) is 0 Å². The predicted molar refractivity (Wildman–Crippen MR) is 81.8 cm³/mol. The van der Waals surface area contributed by atoms with Gasteiger partial charge in [0, 0.05) is 16.9 Å². The summed E-state index contributed by atoms with van der Waals surface area (Å²) in [5.41, 5.74) is 1.76. The molecule has 1 amide bonds. The number of carbonyl (C=O) groups excluding carboxylic acids is 1. The van der Waals surface area contributed by atoms with Crippen molar-refractivity contribution < 1.29 is 14.3 Å². The zero-order valence-electron chi connectivity index (χ0n) is 11.9. The summed E-state index contributed by atoms with van der Waals surface area (Å²) < 4.78 is 10.7. The highest BCUT2D eigenvalue weighted by molar-refractivity contribution is 7.14. The number of fused-ring (bicyclic) bond motifs is 1. The summed E-state index contributed by atoms with van der Waals surface area (Å²) in [7, 11) is 0. The first-order valence-corrected chi connectivity index (χ1v) is 7.71. The fraction of sp³-hybridized carbons (Fsp3) is 0.333. The molecule has 1 atom stereocenters. The number of aromatic nitrogens is 1. The molecule has 5 nitrogen and oxygen atoms in total. The molecule has 1 aromatic carbocycles. The van der Waals surface area contributed by atoms with Crippen molar-refractivity contribution in [2.45, 2.75) is 20.3 Å². The molecule has 0 fully saturated rings. The van der Waals surface area contributed by atoms with Crippen LogP contribution in [0.1, 0.15) is 20.3 Å². The number of hydrogen-bond donors (Lipinski definition) is 1. The quantitative estimate of drug-likeness (QED) is 0.938. The number of nitrogens with zero attached hydrogens (tertiary/aromatic N) is 1. The molecule has 0 radical (unpaired) electrons. The van der Waals surface area contributed by atoms with Gasteiger partial charge in [0.15, 0.2) is 16.6 Å². The Morgan fingerprint density at radius 1 is 1.43 bits per heavy atom. The minimum Gasteiger partial charge on any atom is -0.454 e. The molecule has 0 bridgehead atoms. The average molecular weight is 304 g/mol. The highest BCUT2D eigenvalue weighted by atomic mass is 32.1. The van der Waals surface area contributed by atoms with Crippen LogP contribution in [0.4, 0.5) is 5.13 Å². The molecular formula is C15H16N2O3S. The van der Waals surface area contributed by atoms with Crippen molar-refractivity contribution in [3.05, 3.63) is 23.6 Å². The number of benzene rings is 1. The molecule has 0 aliphatic carbocycles. The lowest BCUT2D eigenvalue weighted by molar-refractivity contribution is -0.119. The Bertz CT molecular complexity index is 669. The van der Waals surface area contributed by atoms with E-state index in [0.29, 0.717) is 5.13 Å². The lowest BCUT2D eigenvalue weighted by Crippen LogP contribution is -2.19. The van der Waals surface area contributed by atoms with Gasteiger partial charge in [-0.15, -0.1) is 11.3 Å². The van der Waals surface area contributed by atoms with Crippen molar-refractivity contribution in [2.24, 2.45) is 5.92 Å². The van der Waals surface area contributed by atoms with Crippen molar-refractivity contribution in [3.63, 3.8) is 0 Å². The lowest BCUT2D eigenvalue weighted by atomic mass is 10.1. The minimum atomic E-state index is -0.0112. The first-order valence-electron chi connectivity index (χ1n) is 6.83. The summed E-state index contributed by atoms with van der Waals surface area (Å²) >= 11 is 1.42. The third-order valence-electron chi connectivity index (χ3n) is 3.46. The monoisotopic (exact) mass is 304 g/mol. The summed E-state index contributed by atoms with van der Waals surface area (Å²) in [5, 5.41) is 5.39. The number of anilines is 1. The first kappa shape index (κ1) is 13.9. The maximum atomic E-state index is 11.9. The topological polar surface area (TPSA) is 60.5 Å². The van der Waals surface area contributed by atoms with Crippen LogP contribution in [-0.2, 0) is 4.79 Å². The third kappa shape index (κ3) is 2.85. The zero-order chi connectivity index (χ0) is 14.8. The summed E-state index contributed by atoms with van der Waals surface area (Å²) in [6.07, 6.45) is 0.812. The number of nitrogens with one attached hydrogen (secondary N) is 1. The molecule has 1 N–H and O–H groups in total. The number of hydrogen-bond acceptors (Lipinski definition) is 5.